The van der Waals surface area contributed by atoms with Crippen molar-refractivity contribution >= 4 is 29.0 Å². The van der Waals surface area contributed by atoms with Gasteiger partial charge in [0.15, 0.2) is 4.34 Å². The lowest BCUT2D eigenvalue weighted by Crippen LogP contribution is -2.37. The van der Waals surface area contributed by atoms with Gasteiger partial charge in [0.05, 0.1) is 5.75 Å². The van der Waals surface area contributed by atoms with Gasteiger partial charge in [0.1, 0.15) is 0 Å². The molecule has 1 aromatic rings. The fourth-order valence-electron chi connectivity index (χ4n) is 3.64. The van der Waals surface area contributed by atoms with Crippen molar-refractivity contribution in [3.05, 3.63) is 11.1 Å². The van der Waals surface area contributed by atoms with Crippen LogP contribution in [0, 0.1) is 18.8 Å². The number of hydrogen-bond acceptors (Lipinski definition) is 6. The molecular weight excluding hydrogens is 342 g/mol. The minimum absolute atomic E-state index is 0.174. The molecule has 0 bridgehead atoms. The van der Waals surface area contributed by atoms with E-state index in [2.05, 4.69) is 9.88 Å². The molecule has 0 radical (unpaired) electrons. The Kier molecular flexibility index (Phi) is 6.55. The van der Waals surface area contributed by atoms with Crippen LogP contribution in [-0.4, -0.2) is 70.9 Å². The number of aryl methyl sites for hydroxylation is 1. The fourth-order valence-corrected chi connectivity index (χ4v) is 5.40. The van der Waals surface area contributed by atoms with Gasteiger partial charge >= 0.3 is 0 Å². The third-order valence-electron chi connectivity index (χ3n) is 5.02. The van der Waals surface area contributed by atoms with Gasteiger partial charge in [-0.2, -0.15) is 0 Å². The molecule has 24 heavy (non-hydrogen) atoms. The van der Waals surface area contributed by atoms with Crippen LogP contribution in [0.3, 0.4) is 0 Å². The van der Waals surface area contributed by atoms with Gasteiger partial charge in [-0.1, -0.05) is 18.2 Å². The van der Waals surface area contributed by atoms with Crippen LogP contribution in [0.5, 0.6) is 0 Å². The minimum atomic E-state index is 0.174. The van der Waals surface area contributed by atoms with Gasteiger partial charge in [-0.05, 0) is 38.8 Å². The summed E-state index contributed by atoms with van der Waals surface area (Å²) in [5, 5.41) is 11.7. The van der Waals surface area contributed by atoms with E-state index in [0.717, 1.165) is 23.1 Å². The van der Waals surface area contributed by atoms with Crippen molar-refractivity contribution in [1.82, 2.24) is 14.8 Å². The number of nitrogens with zero attached hydrogens (tertiary/aromatic N) is 3. The van der Waals surface area contributed by atoms with Crippen molar-refractivity contribution in [2.45, 2.75) is 30.5 Å². The molecule has 0 unspecified atom stereocenters. The van der Waals surface area contributed by atoms with Gasteiger partial charge in [-0.25, -0.2) is 4.98 Å². The molecule has 7 heteroatoms. The summed E-state index contributed by atoms with van der Waals surface area (Å²) in [6, 6.07) is 0. The van der Waals surface area contributed by atoms with E-state index < -0.39 is 0 Å². The minimum Gasteiger partial charge on any atom is -0.396 e. The summed E-state index contributed by atoms with van der Waals surface area (Å²) in [5.41, 5.74) is 1.01. The summed E-state index contributed by atoms with van der Waals surface area (Å²) in [7, 11) is 0. The molecule has 0 saturated carbocycles. The second-order valence-electron chi connectivity index (χ2n) is 6.91. The average molecular weight is 370 g/mol. The predicted octanol–water partition coefficient (Wildman–Crippen LogP) is 2.10. The Morgan fingerprint density at radius 2 is 2.08 bits per heavy atom. The molecule has 3 heterocycles. The zero-order valence-electron chi connectivity index (χ0n) is 14.3. The number of thioether (sulfide) groups is 1. The SMILES string of the molecule is Cc1csc(SCC(=O)N2C[C@@H](CN3CCCCC3)[C@@H](CO)C2)n1. The maximum atomic E-state index is 12.5. The van der Waals surface area contributed by atoms with Crippen molar-refractivity contribution in [2.75, 3.05) is 45.1 Å². The van der Waals surface area contributed by atoms with E-state index in [0.29, 0.717) is 18.2 Å². The number of rotatable bonds is 6. The van der Waals surface area contributed by atoms with Crippen molar-refractivity contribution < 1.29 is 9.90 Å². The molecule has 0 aromatic carbocycles. The Balaban J connectivity index is 1.49. The number of hydrogen-bond donors (Lipinski definition) is 1. The highest BCUT2D eigenvalue weighted by Gasteiger charge is 2.35. The number of piperidine rings is 1. The van der Waals surface area contributed by atoms with E-state index in [4.69, 9.17) is 0 Å². The summed E-state index contributed by atoms with van der Waals surface area (Å²) >= 11 is 3.12. The van der Waals surface area contributed by atoms with Crippen molar-refractivity contribution in [1.29, 1.82) is 0 Å². The number of aliphatic hydroxyl groups is 1. The summed E-state index contributed by atoms with van der Waals surface area (Å²) in [6.07, 6.45) is 3.90. The Morgan fingerprint density at radius 1 is 1.33 bits per heavy atom. The molecule has 1 aromatic heterocycles. The first kappa shape index (κ1) is 18.2. The van der Waals surface area contributed by atoms with Crippen LogP contribution >= 0.6 is 23.1 Å². The third-order valence-corrected chi connectivity index (χ3v) is 7.15. The lowest BCUT2D eigenvalue weighted by molar-refractivity contribution is -0.127. The molecule has 2 atom stereocenters. The molecule has 2 aliphatic rings. The molecule has 134 valence electrons. The summed E-state index contributed by atoms with van der Waals surface area (Å²) in [6.45, 7) is 7.00. The molecular formula is C17H27N3O2S2. The van der Waals surface area contributed by atoms with Crippen LogP contribution in [0.25, 0.3) is 0 Å². The Labute approximate surface area is 152 Å². The van der Waals surface area contributed by atoms with Gasteiger partial charge < -0.3 is 14.9 Å². The molecule has 3 rings (SSSR count). The molecule has 0 aliphatic carbocycles. The van der Waals surface area contributed by atoms with Gasteiger partial charge in [0, 0.05) is 43.2 Å². The molecule has 2 fully saturated rings. The van der Waals surface area contributed by atoms with Crippen LogP contribution in [0.1, 0.15) is 25.0 Å². The van der Waals surface area contributed by atoms with E-state index >= 15 is 0 Å². The topological polar surface area (TPSA) is 56.7 Å². The van der Waals surface area contributed by atoms with E-state index in [1.165, 1.54) is 44.1 Å². The number of likely N-dealkylation sites (tertiary alicyclic amines) is 2. The van der Waals surface area contributed by atoms with E-state index in [-0.39, 0.29) is 18.4 Å². The first-order valence-electron chi connectivity index (χ1n) is 8.81. The molecule has 0 spiro atoms. The van der Waals surface area contributed by atoms with Crippen molar-refractivity contribution in [3.63, 3.8) is 0 Å². The first-order valence-corrected chi connectivity index (χ1v) is 10.7. The highest BCUT2D eigenvalue weighted by molar-refractivity contribution is 8.01. The van der Waals surface area contributed by atoms with Gasteiger partial charge in [0.2, 0.25) is 5.91 Å². The van der Waals surface area contributed by atoms with Crippen LogP contribution in [0.4, 0.5) is 0 Å². The first-order chi connectivity index (χ1) is 11.7. The standard InChI is InChI=1S/C17H27N3O2S2/c1-13-11-23-17(18-13)24-12-16(22)20-8-14(15(9-20)10-21)7-19-5-3-2-4-6-19/h11,14-15,21H,2-10,12H2,1H3/t14-,15-/m1/s1. The Morgan fingerprint density at radius 3 is 2.75 bits per heavy atom. The fraction of sp³-hybridized carbons (Fsp3) is 0.765. The predicted molar refractivity (Wildman–Crippen MR) is 98.5 cm³/mol. The number of aromatic nitrogens is 1. The summed E-state index contributed by atoms with van der Waals surface area (Å²) < 4.78 is 0.962. The number of thiazole rings is 1. The molecule has 1 N–H and O–H groups in total. The zero-order valence-corrected chi connectivity index (χ0v) is 15.9. The van der Waals surface area contributed by atoms with Gasteiger partial charge in [-0.15, -0.1) is 11.3 Å². The Hall–Kier alpha value is -0.630. The lowest BCUT2D eigenvalue weighted by Gasteiger charge is -2.30. The van der Waals surface area contributed by atoms with Crippen LogP contribution in [0.15, 0.2) is 9.72 Å². The number of carbonyl (C=O) groups is 1. The highest BCUT2D eigenvalue weighted by Crippen LogP contribution is 2.27. The van der Waals surface area contributed by atoms with Crippen LogP contribution in [-0.2, 0) is 4.79 Å². The van der Waals surface area contributed by atoms with Crippen molar-refractivity contribution in [3.8, 4) is 0 Å². The van der Waals surface area contributed by atoms with E-state index in [1.54, 1.807) is 11.3 Å². The van der Waals surface area contributed by atoms with E-state index in [1.807, 2.05) is 17.2 Å². The molecule has 5 nitrogen and oxygen atoms in total. The molecule has 2 aliphatic heterocycles. The monoisotopic (exact) mass is 369 g/mol. The zero-order chi connectivity index (χ0) is 16.9. The van der Waals surface area contributed by atoms with Crippen molar-refractivity contribution in [2.24, 2.45) is 11.8 Å². The maximum absolute atomic E-state index is 12.5. The number of amides is 1. The largest absolute Gasteiger partial charge is 0.396 e. The molecule has 1 amide bonds. The summed E-state index contributed by atoms with van der Waals surface area (Å²) in [5.74, 6) is 1.25. The van der Waals surface area contributed by atoms with E-state index in [9.17, 15) is 9.90 Å². The van der Waals surface area contributed by atoms with Gasteiger partial charge in [0.25, 0.3) is 0 Å². The second-order valence-corrected chi connectivity index (χ2v) is 8.99. The maximum Gasteiger partial charge on any atom is 0.233 e. The quantitative estimate of drug-likeness (QED) is 0.778. The highest BCUT2D eigenvalue weighted by atomic mass is 32.2. The normalized spacial score (nSPS) is 25.3. The van der Waals surface area contributed by atoms with Crippen LogP contribution < -0.4 is 0 Å². The van der Waals surface area contributed by atoms with Crippen LogP contribution in [0.2, 0.25) is 0 Å². The number of carbonyl (C=O) groups excluding carboxylic acids is 1. The Bertz CT molecular complexity index is 546. The van der Waals surface area contributed by atoms with Gasteiger partial charge in [-0.3, -0.25) is 4.79 Å². The smallest absolute Gasteiger partial charge is 0.233 e. The summed E-state index contributed by atoms with van der Waals surface area (Å²) in [4.78, 5) is 21.4. The average Bonchev–Trinajstić information content (AvgIpc) is 3.19. The lowest BCUT2D eigenvalue weighted by atomic mass is 9.95. The molecule has 2 saturated heterocycles. The second kappa shape index (κ2) is 8.65. The third kappa shape index (κ3) is 4.71. The number of aliphatic hydroxyl groups excluding tert-OH is 1.